The lowest BCUT2D eigenvalue weighted by Crippen LogP contribution is -2.22. The molecule has 0 N–H and O–H groups in total. The van der Waals surface area contributed by atoms with Crippen molar-refractivity contribution in [2.75, 3.05) is 0 Å². The molecule has 0 radical (unpaired) electrons. The molecular weight excluding hydrogens is 148 g/mol. The number of nitrogens with zero attached hydrogens (tertiary/aromatic N) is 2. The van der Waals surface area contributed by atoms with Crippen molar-refractivity contribution < 1.29 is 0 Å². The molecule has 2 heterocycles. The van der Waals surface area contributed by atoms with Crippen molar-refractivity contribution in [2.45, 2.75) is 39.7 Å². The number of fused-ring (bicyclic) bond motifs is 1. The third kappa shape index (κ3) is 1.06. The summed E-state index contributed by atoms with van der Waals surface area (Å²) in [5.74, 6) is 0. The van der Waals surface area contributed by atoms with Gasteiger partial charge in [0.2, 0.25) is 0 Å². The molecule has 0 spiro atoms. The molecule has 1 aromatic rings. The number of hydrogen-bond acceptors (Lipinski definition) is 1. The van der Waals surface area contributed by atoms with E-state index in [0.717, 1.165) is 0 Å². The highest BCUT2D eigenvalue weighted by Crippen LogP contribution is 2.38. The predicted molar refractivity (Wildman–Crippen MR) is 49.0 cm³/mol. The predicted octanol–water partition coefficient (Wildman–Crippen LogP) is 2.42. The molecule has 2 rings (SSSR count). The smallest absolute Gasteiger partial charge is 0.0574 e. The highest BCUT2D eigenvalue weighted by molar-refractivity contribution is 5.08. The second-order valence-corrected chi connectivity index (χ2v) is 4.69. The standard InChI is InChI=1S/C10H16N2/c1-10(2,3)9-5-4-8-6-7-11-12(8)9/h6-7,9H,4-5H2,1-3H3/t9-/m1/s1. The van der Waals surface area contributed by atoms with E-state index in [1.807, 2.05) is 6.20 Å². The highest BCUT2D eigenvalue weighted by atomic mass is 15.3. The van der Waals surface area contributed by atoms with Crippen LogP contribution in [0.1, 0.15) is 38.9 Å². The van der Waals surface area contributed by atoms with Crippen molar-refractivity contribution in [3.05, 3.63) is 18.0 Å². The lowest BCUT2D eigenvalue weighted by Gasteiger charge is -2.27. The van der Waals surface area contributed by atoms with Crippen LogP contribution in [0, 0.1) is 5.41 Å². The zero-order valence-electron chi connectivity index (χ0n) is 8.04. The molecule has 0 amide bonds. The summed E-state index contributed by atoms with van der Waals surface area (Å²) in [7, 11) is 0. The van der Waals surface area contributed by atoms with Crippen LogP contribution < -0.4 is 0 Å². The second-order valence-electron chi connectivity index (χ2n) is 4.69. The van der Waals surface area contributed by atoms with E-state index in [4.69, 9.17) is 0 Å². The Labute approximate surface area is 73.6 Å². The van der Waals surface area contributed by atoms with Gasteiger partial charge in [-0.15, -0.1) is 0 Å². The van der Waals surface area contributed by atoms with Gasteiger partial charge in [-0.2, -0.15) is 5.10 Å². The average molecular weight is 164 g/mol. The maximum Gasteiger partial charge on any atom is 0.0574 e. The summed E-state index contributed by atoms with van der Waals surface area (Å²) >= 11 is 0. The van der Waals surface area contributed by atoms with Gasteiger partial charge in [0.15, 0.2) is 0 Å². The maximum atomic E-state index is 4.36. The average Bonchev–Trinajstić information content (AvgIpc) is 2.37. The highest BCUT2D eigenvalue weighted by Gasteiger charge is 2.32. The van der Waals surface area contributed by atoms with Gasteiger partial charge < -0.3 is 0 Å². The van der Waals surface area contributed by atoms with Crippen molar-refractivity contribution in [3.8, 4) is 0 Å². The fourth-order valence-electron chi connectivity index (χ4n) is 2.03. The van der Waals surface area contributed by atoms with Crippen LogP contribution in [-0.2, 0) is 6.42 Å². The Morgan fingerprint density at radius 1 is 1.50 bits per heavy atom. The zero-order chi connectivity index (χ0) is 8.77. The minimum Gasteiger partial charge on any atom is -0.266 e. The molecule has 0 fully saturated rings. The van der Waals surface area contributed by atoms with Gasteiger partial charge in [0.05, 0.1) is 6.04 Å². The Morgan fingerprint density at radius 2 is 2.25 bits per heavy atom. The molecule has 12 heavy (non-hydrogen) atoms. The van der Waals surface area contributed by atoms with E-state index in [-0.39, 0.29) is 0 Å². The summed E-state index contributed by atoms with van der Waals surface area (Å²) in [5.41, 5.74) is 1.74. The van der Waals surface area contributed by atoms with Crippen LogP contribution in [0.5, 0.6) is 0 Å². The largest absolute Gasteiger partial charge is 0.266 e. The molecule has 66 valence electrons. The van der Waals surface area contributed by atoms with Crippen molar-refractivity contribution >= 4 is 0 Å². The van der Waals surface area contributed by atoms with E-state index < -0.39 is 0 Å². The van der Waals surface area contributed by atoms with Gasteiger partial charge in [-0.05, 0) is 24.3 Å². The second kappa shape index (κ2) is 2.35. The first-order valence-electron chi connectivity index (χ1n) is 4.61. The van der Waals surface area contributed by atoms with Crippen LogP contribution in [0.25, 0.3) is 0 Å². The Balaban J connectivity index is 2.34. The van der Waals surface area contributed by atoms with Gasteiger partial charge in [-0.3, -0.25) is 4.68 Å². The quantitative estimate of drug-likeness (QED) is 0.575. The normalized spacial score (nSPS) is 22.8. The molecule has 0 bridgehead atoms. The fourth-order valence-corrected chi connectivity index (χ4v) is 2.03. The van der Waals surface area contributed by atoms with Crippen LogP contribution in [-0.4, -0.2) is 9.78 Å². The van der Waals surface area contributed by atoms with E-state index in [2.05, 4.69) is 36.6 Å². The summed E-state index contributed by atoms with van der Waals surface area (Å²) < 4.78 is 2.19. The molecule has 1 atom stereocenters. The summed E-state index contributed by atoms with van der Waals surface area (Å²) in [6.07, 6.45) is 4.36. The van der Waals surface area contributed by atoms with Crippen molar-refractivity contribution in [1.29, 1.82) is 0 Å². The third-order valence-electron chi connectivity index (χ3n) is 2.72. The van der Waals surface area contributed by atoms with E-state index >= 15 is 0 Å². The fraction of sp³-hybridized carbons (Fsp3) is 0.700. The molecule has 2 heteroatoms. The number of rotatable bonds is 0. The van der Waals surface area contributed by atoms with Crippen LogP contribution in [0.3, 0.4) is 0 Å². The van der Waals surface area contributed by atoms with Gasteiger partial charge in [0.25, 0.3) is 0 Å². The Kier molecular flexibility index (Phi) is 1.53. The number of aromatic nitrogens is 2. The topological polar surface area (TPSA) is 17.8 Å². The molecular formula is C10H16N2. The molecule has 0 aromatic carbocycles. The lowest BCUT2D eigenvalue weighted by molar-refractivity contribution is 0.235. The Hall–Kier alpha value is -0.790. The van der Waals surface area contributed by atoms with E-state index in [1.54, 1.807) is 0 Å². The molecule has 1 aliphatic rings. The summed E-state index contributed by atoms with van der Waals surface area (Å²) in [5, 5.41) is 4.36. The van der Waals surface area contributed by atoms with Crippen molar-refractivity contribution in [1.82, 2.24) is 9.78 Å². The van der Waals surface area contributed by atoms with Crippen LogP contribution in [0.4, 0.5) is 0 Å². The number of aryl methyl sites for hydroxylation is 1. The third-order valence-corrected chi connectivity index (χ3v) is 2.72. The van der Waals surface area contributed by atoms with E-state index in [1.165, 1.54) is 18.5 Å². The first-order valence-corrected chi connectivity index (χ1v) is 4.61. The Morgan fingerprint density at radius 3 is 2.92 bits per heavy atom. The number of hydrogen-bond donors (Lipinski definition) is 0. The molecule has 1 aromatic heterocycles. The van der Waals surface area contributed by atoms with Gasteiger partial charge >= 0.3 is 0 Å². The van der Waals surface area contributed by atoms with Gasteiger partial charge in [-0.25, -0.2) is 0 Å². The maximum absolute atomic E-state index is 4.36. The SMILES string of the molecule is CC(C)(C)[C@H]1CCc2ccnn21. The summed E-state index contributed by atoms with van der Waals surface area (Å²) in [6, 6.07) is 2.73. The minimum absolute atomic E-state index is 0.345. The van der Waals surface area contributed by atoms with Crippen LogP contribution >= 0.6 is 0 Å². The van der Waals surface area contributed by atoms with Crippen molar-refractivity contribution in [3.63, 3.8) is 0 Å². The monoisotopic (exact) mass is 164 g/mol. The molecule has 2 nitrogen and oxygen atoms in total. The Bertz CT molecular complexity index is 280. The molecule has 0 aliphatic carbocycles. The van der Waals surface area contributed by atoms with E-state index in [0.29, 0.717) is 11.5 Å². The summed E-state index contributed by atoms with van der Waals surface area (Å²) in [4.78, 5) is 0. The first-order chi connectivity index (χ1) is 5.59. The summed E-state index contributed by atoms with van der Waals surface area (Å²) in [6.45, 7) is 6.86. The van der Waals surface area contributed by atoms with Gasteiger partial charge in [-0.1, -0.05) is 20.8 Å². The van der Waals surface area contributed by atoms with Crippen LogP contribution in [0.15, 0.2) is 12.3 Å². The lowest BCUT2D eigenvalue weighted by atomic mass is 9.86. The van der Waals surface area contributed by atoms with Gasteiger partial charge in [0.1, 0.15) is 0 Å². The minimum atomic E-state index is 0.345. The molecule has 1 aliphatic heterocycles. The first kappa shape index (κ1) is 7.84. The molecule has 0 unspecified atom stereocenters. The van der Waals surface area contributed by atoms with E-state index in [9.17, 15) is 0 Å². The van der Waals surface area contributed by atoms with Crippen LogP contribution in [0.2, 0.25) is 0 Å². The van der Waals surface area contributed by atoms with Crippen molar-refractivity contribution in [2.24, 2.45) is 5.41 Å². The molecule has 0 saturated heterocycles. The molecule has 0 saturated carbocycles. The van der Waals surface area contributed by atoms with Gasteiger partial charge in [0, 0.05) is 11.9 Å². The zero-order valence-corrected chi connectivity index (χ0v) is 8.04.